The van der Waals surface area contributed by atoms with Gasteiger partial charge in [-0.1, -0.05) is 31.2 Å². The summed E-state index contributed by atoms with van der Waals surface area (Å²) in [5.74, 6) is 2.11. The summed E-state index contributed by atoms with van der Waals surface area (Å²) in [6.07, 6.45) is 0. The first-order valence-corrected chi connectivity index (χ1v) is 9.87. The molecule has 0 aliphatic rings. The maximum Gasteiger partial charge on any atom is 0.191 e. The molecule has 2 N–H and O–H groups in total. The number of thiophene rings is 1. The minimum absolute atomic E-state index is 0. The van der Waals surface area contributed by atoms with E-state index in [1.807, 2.05) is 24.3 Å². The number of rotatable bonds is 10. The average molecular weight is 503 g/mol. The second-order valence-electron chi connectivity index (χ2n) is 5.93. The van der Waals surface area contributed by atoms with Gasteiger partial charge in [-0.15, -0.1) is 35.3 Å². The van der Waals surface area contributed by atoms with Crippen molar-refractivity contribution in [3.8, 4) is 5.75 Å². The van der Waals surface area contributed by atoms with E-state index in [1.54, 1.807) is 18.4 Å². The Balaban J connectivity index is 0.00000364. The van der Waals surface area contributed by atoms with Gasteiger partial charge in [0.15, 0.2) is 5.96 Å². The molecule has 1 aromatic carbocycles. The molecule has 5 nitrogen and oxygen atoms in total. The van der Waals surface area contributed by atoms with Gasteiger partial charge in [-0.3, -0.25) is 4.99 Å². The first-order valence-electron chi connectivity index (χ1n) is 8.99. The molecule has 1 unspecified atom stereocenters. The zero-order chi connectivity index (χ0) is 18.6. The predicted octanol–water partition coefficient (Wildman–Crippen LogP) is 4.25. The molecule has 0 saturated heterocycles. The standard InChI is InChI=1S/C20H29N3O2S.HI/c1-4-21-20(23-14-16(2)19-10-7-13-26-19)22-11-12-25-15-17-8-5-6-9-18(17)24-3;/h5-10,13,16H,4,11-12,14-15H2,1-3H3,(H2,21,22,23);1H. The lowest BCUT2D eigenvalue weighted by Crippen LogP contribution is -2.39. The number of methoxy groups -OCH3 is 1. The topological polar surface area (TPSA) is 54.9 Å². The quantitative estimate of drug-likeness (QED) is 0.220. The van der Waals surface area contributed by atoms with Crippen LogP contribution in [0.25, 0.3) is 0 Å². The maximum absolute atomic E-state index is 5.75. The number of halogens is 1. The summed E-state index contributed by atoms with van der Waals surface area (Å²) in [5, 5.41) is 8.71. The number of nitrogens with zero attached hydrogens (tertiary/aromatic N) is 1. The molecule has 2 rings (SSSR count). The fraction of sp³-hybridized carbons (Fsp3) is 0.450. The molecule has 0 aliphatic carbocycles. The second-order valence-corrected chi connectivity index (χ2v) is 6.91. The van der Waals surface area contributed by atoms with Crippen molar-refractivity contribution in [2.24, 2.45) is 4.99 Å². The van der Waals surface area contributed by atoms with E-state index in [2.05, 4.69) is 47.0 Å². The van der Waals surface area contributed by atoms with E-state index in [4.69, 9.17) is 9.47 Å². The third-order valence-electron chi connectivity index (χ3n) is 3.89. The van der Waals surface area contributed by atoms with Crippen LogP contribution in [0.1, 0.15) is 30.2 Å². The number of guanidine groups is 1. The van der Waals surface area contributed by atoms with E-state index in [1.165, 1.54) is 4.88 Å². The fourth-order valence-corrected chi connectivity index (χ4v) is 3.26. The Morgan fingerprint density at radius 1 is 1.19 bits per heavy atom. The van der Waals surface area contributed by atoms with Crippen LogP contribution < -0.4 is 15.4 Å². The molecule has 27 heavy (non-hydrogen) atoms. The summed E-state index contributed by atoms with van der Waals surface area (Å²) in [6.45, 7) is 7.71. The highest BCUT2D eigenvalue weighted by molar-refractivity contribution is 14.0. The van der Waals surface area contributed by atoms with Crippen molar-refractivity contribution >= 4 is 41.3 Å². The van der Waals surface area contributed by atoms with Gasteiger partial charge in [0, 0.05) is 29.4 Å². The summed E-state index contributed by atoms with van der Waals surface area (Å²) >= 11 is 1.78. The summed E-state index contributed by atoms with van der Waals surface area (Å²) in [7, 11) is 1.68. The summed E-state index contributed by atoms with van der Waals surface area (Å²) in [6, 6.07) is 12.2. The van der Waals surface area contributed by atoms with Crippen molar-refractivity contribution in [2.45, 2.75) is 26.4 Å². The largest absolute Gasteiger partial charge is 0.496 e. The smallest absolute Gasteiger partial charge is 0.191 e. The van der Waals surface area contributed by atoms with E-state index in [-0.39, 0.29) is 24.0 Å². The van der Waals surface area contributed by atoms with Gasteiger partial charge in [-0.2, -0.15) is 0 Å². The van der Waals surface area contributed by atoms with Crippen molar-refractivity contribution in [2.75, 3.05) is 33.4 Å². The Morgan fingerprint density at radius 3 is 2.70 bits per heavy atom. The molecule has 0 fully saturated rings. The SMILES string of the molecule is CCNC(=NCC(C)c1cccs1)NCCOCc1ccccc1OC.I. The van der Waals surface area contributed by atoms with Crippen LogP contribution in [0.15, 0.2) is 46.8 Å². The number of hydrogen-bond donors (Lipinski definition) is 2. The van der Waals surface area contributed by atoms with E-state index in [9.17, 15) is 0 Å². The third-order valence-corrected chi connectivity index (χ3v) is 4.99. The van der Waals surface area contributed by atoms with Gasteiger partial charge in [-0.05, 0) is 24.4 Å². The molecule has 1 atom stereocenters. The highest BCUT2D eigenvalue weighted by Crippen LogP contribution is 2.20. The predicted molar refractivity (Wildman–Crippen MR) is 125 cm³/mol. The van der Waals surface area contributed by atoms with Gasteiger partial charge in [0.2, 0.25) is 0 Å². The number of benzene rings is 1. The molecule has 150 valence electrons. The van der Waals surface area contributed by atoms with Crippen molar-refractivity contribution in [3.05, 3.63) is 52.2 Å². The van der Waals surface area contributed by atoms with Gasteiger partial charge < -0.3 is 20.1 Å². The van der Waals surface area contributed by atoms with Crippen LogP contribution in [0.2, 0.25) is 0 Å². The molecule has 2 aromatic rings. The molecule has 0 aliphatic heterocycles. The minimum Gasteiger partial charge on any atom is -0.496 e. The molecule has 0 amide bonds. The van der Waals surface area contributed by atoms with Gasteiger partial charge in [0.25, 0.3) is 0 Å². The number of para-hydroxylation sites is 1. The summed E-state index contributed by atoms with van der Waals surface area (Å²) < 4.78 is 11.1. The summed E-state index contributed by atoms with van der Waals surface area (Å²) in [4.78, 5) is 6.04. The number of ether oxygens (including phenoxy) is 2. The molecule has 0 bridgehead atoms. The van der Waals surface area contributed by atoms with E-state index < -0.39 is 0 Å². The average Bonchev–Trinajstić information content (AvgIpc) is 3.20. The lowest BCUT2D eigenvalue weighted by molar-refractivity contribution is 0.123. The minimum atomic E-state index is 0. The monoisotopic (exact) mass is 503 g/mol. The third kappa shape index (κ3) is 8.49. The Kier molecular flexibility index (Phi) is 12.1. The Labute approximate surface area is 183 Å². The van der Waals surface area contributed by atoms with Crippen molar-refractivity contribution in [1.29, 1.82) is 0 Å². The van der Waals surface area contributed by atoms with Crippen molar-refractivity contribution in [3.63, 3.8) is 0 Å². The molecule has 0 radical (unpaired) electrons. The zero-order valence-electron chi connectivity index (χ0n) is 16.2. The highest BCUT2D eigenvalue weighted by Gasteiger charge is 2.06. The van der Waals surface area contributed by atoms with Crippen LogP contribution in [-0.4, -0.2) is 39.3 Å². The highest BCUT2D eigenvalue weighted by atomic mass is 127. The molecule has 1 heterocycles. The van der Waals surface area contributed by atoms with E-state index >= 15 is 0 Å². The Bertz CT molecular complexity index is 665. The first kappa shape index (κ1) is 23.7. The lowest BCUT2D eigenvalue weighted by atomic mass is 10.1. The molecule has 7 heteroatoms. The number of nitrogens with one attached hydrogen (secondary N) is 2. The molecule has 0 saturated carbocycles. The van der Waals surface area contributed by atoms with E-state index in [0.29, 0.717) is 25.7 Å². The number of hydrogen-bond acceptors (Lipinski definition) is 4. The molecule has 0 spiro atoms. The first-order chi connectivity index (χ1) is 12.7. The van der Waals surface area contributed by atoms with Crippen molar-refractivity contribution < 1.29 is 9.47 Å². The maximum atomic E-state index is 5.75. The van der Waals surface area contributed by atoms with Crippen LogP contribution in [0, 0.1) is 0 Å². The lowest BCUT2D eigenvalue weighted by Gasteiger charge is -2.13. The van der Waals surface area contributed by atoms with Gasteiger partial charge in [0.1, 0.15) is 5.75 Å². The summed E-state index contributed by atoms with van der Waals surface area (Å²) in [5.41, 5.74) is 1.06. The van der Waals surface area contributed by atoms with Gasteiger partial charge in [-0.25, -0.2) is 0 Å². The number of aliphatic imine (C=N–C) groups is 1. The second kappa shape index (κ2) is 13.8. The van der Waals surface area contributed by atoms with Crippen LogP contribution >= 0.6 is 35.3 Å². The van der Waals surface area contributed by atoms with Crippen LogP contribution in [-0.2, 0) is 11.3 Å². The van der Waals surface area contributed by atoms with Crippen LogP contribution in [0.4, 0.5) is 0 Å². The zero-order valence-corrected chi connectivity index (χ0v) is 19.4. The Hall–Kier alpha value is -1.32. The van der Waals surface area contributed by atoms with Crippen LogP contribution in [0.3, 0.4) is 0 Å². The van der Waals surface area contributed by atoms with Gasteiger partial charge >= 0.3 is 0 Å². The van der Waals surface area contributed by atoms with E-state index in [0.717, 1.165) is 30.4 Å². The normalized spacial score (nSPS) is 12.2. The molecular weight excluding hydrogens is 473 g/mol. The Morgan fingerprint density at radius 2 is 2.00 bits per heavy atom. The molecule has 1 aromatic heterocycles. The van der Waals surface area contributed by atoms with Crippen LogP contribution in [0.5, 0.6) is 5.75 Å². The molecular formula is C20H30IN3O2S. The van der Waals surface area contributed by atoms with Gasteiger partial charge in [0.05, 0.1) is 26.9 Å². The van der Waals surface area contributed by atoms with Crippen molar-refractivity contribution in [1.82, 2.24) is 10.6 Å². The fourth-order valence-electron chi connectivity index (χ4n) is 2.48.